The van der Waals surface area contributed by atoms with Crippen molar-refractivity contribution >= 4 is 0 Å². The minimum absolute atomic E-state index is 0.000648. The molecule has 1 aromatic heterocycles. The summed E-state index contributed by atoms with van der Waals surface area (Å²) in [6.07, 6.45) is 3.24. The summed E-state index contributed by atoms with van der Waals surface area (Å²) in [6.45, 7) is 0. The molecule has 3 nitrogen and oxygen atoms in total. The normalized spacial score (nSPS) is 12.6. The molecule has 3 N–H and O–H groups in total. The average Bonchev–Trinajstić information content (AvgIpc) is 2.85. The van der Waals surface area contributed by atoms with Crippen LogP contribution in [0.3, 0.4) is 0 Å². The number of furan rings is 1. The second-order valence-electron chi connectivity index (χ2n) is 3.89. The van der Waals surface area contributed by atoms with Gasteiger partial charge in [0.05, 0.1) is 6.26 Å². The first-order valence-electron chi connectivity index (χ1n) is 5.53. The number of hydrogen-bond donors (Lipinski definition) is 2. The first-order chi connectivity index (χ1) is 8.29. The van der Waals surface area contributed by atoms with Gasteiger partial charge in [0.1, 0.15) is 11.6 Å². The zero-order valence-electron chi connectivity index (χ0n) is 9.40. The summed E-state index contributed by atoms with van der Waals surface area (Å²) in [6, 6.07) is 10.1. The fraction of sp³-hybridized carbons (Fsp3) is 0.231. The lowest BCUT2D eigenvalue weighted by Gasteiger charge is -2.15. The molecule has 90 valence electrons. The van der Waals surface area contributed by atoms with Gasteiger partial charge in [-0.15, -0.1) is 0 Å². The van der Waals surface area contributed by atoms with Crippen LogP contribution in [0.2, 0.25) is 0 Å². The Bertz CT molecular complexity index is 439. The summed E-state index contributed by atoms with van der Waals surface area (Å²) in [5.41, 5.74) is 3.71. The number of benzene rings is 1. The van der Waals surface area contributed by atoms with E-state index in [-0.39, 0.29) is 11.9 Å². The van der Waals surface area contributed by atoms with E-state index in [1.54, 1.807) is 18.4 Å². The summed E-state index contributed by atoms with van der Waals surface area (Å²) >= 11 is 0. The Labute approximate surface area is 99.4 Å². The summed E-state index contributed by atoms with van der Waals surface area (Å²) in [4.78, 5) is 0. The van der Waals surface area contributed by atoms with Gasteiger partial charge in [0.25, 0.3) is 0 Å². The molecular weight excluding hydrogens is 219 g/mol. The number of hydrazine groups is 1. The van der Waals surface area contributed by atoms with Crippen LogP contribution < -0.4 is 11.3 Å². The van der Waals surface area contributed by atoms with Crippen LogP contribution >= 0.6 is 0 Å². The molecule has 1 unspecified atom stereocenters. The van der Waals surface area contributed by atoms with Gasteiger partial charge < -0.3 is 4.42 Å². The predicted octanol–water partition coefficient (Wildman–Crippen LogP) is 2.56. The van der Waals surface area contributed by atoms with Gasteiger partial charge >= 0.3 is 0 Å². The smallest absolute Gasteiger partial charge is 0.123 e. The molecule has 0 saturated heterocycles. The van der Waals surface area contributed by atoms with Gasteiger partial charge in [-0.05, 0) is 36.2 Å². The second kappa shape index (κ2) is 5.61. The van der Waals surface area contributed by atoms with Crippen molar-refractivity contribution in [3.8, 4) is 0 Å². The molecule has 0 spiro atoms. The van der Waals surface area contributed by atoms with E-state index in [1.165, 1.54) is 12.1 Å². The zero-order valence-corrected chi connectivity index (χ0v) is 9.40. The molecule has 0 radical (unpaired) electrons. The molecule has 1 atom stereocenters. The van der Waals surface area contributed by atoms with Crippen molar-refractivity contribution in [1.29, 1.82) is 0 Å². The maximum atomic E-state index is 12.8. The molecule has 0 amide bonds. The number of hydrogen-bond acceptors (Lipinski definition) is 3. The lowest BCUT2D eigenvalue weighted by Crippen LogP contribution is -2.28. The van der Waals surface area contributed by atoms with Crippen LogP contribution in [-0.4, -0.2) is 0 Å². The van der Waals surface area contributed by atoms with Crippen molar-refractivity contribution in [2.45, 2.75) is 18.9 Å². The molecule has 2 aromatic rings. The van der Waals surface area contributed by atoms with Gasteiger partial charge in [0.15, 0.2) is 0 Å². The van der Waals surface area contributed by atoms with Crippen molar-refractivity contribution in [3.05, 3.63) is 59.8 Å². The minimum atomic E-state index is -0.240. The van der Waals surface area contributed by atoms with Gasteiger partial charge in [-0.1, -0.05) is 12.1 Å². The molecule has 4 heteroatoms. The van der Waals surface area contributed by atoms with E-state index in [1.807, 2.05) is 12.1 Å². The van der Waals surface area contributed by atoms with Crippen molar-refractivity contribution in [3.63, 3.8) is 0 Å². The number of nitrogens with two attached hydrogens (primary N) is 1. The third-order valence-electron chi connectivity index (χ3n) is 2.73. The highest BCUT2D eigenvalue weighted by Gasteiger charge is 2.10. The Kier molecular flexibility index (Phi) is 3.90. The Morgan fingerprint density at radius 1 is 1.24 bits per heavy atom. The first-order valence-corrected chi connectivity index (χ1v) is 5.53. The summed E-state index contributed by atoms with van der Waals surface area (Å²) in [5, 5.41) is 0. The Hall–Kier alpha value is -1.65. The first kappa shape index (κ1) is 11.8. The van der Waals surface area contributed by atoms with Gasteiger partial charge in [0, 0.05) is 12.5 Å². The molecular formula is C13H15FN2O. The predicted molar refractivity (Wildman–Crippen MR) is 63.5 cm³/mol. The van der Waals surface area contributed by atoms with E-state index in [0.29, 0.717) is 0 Å². The van der Waals surface area contributed by atoms with E-state index in [0.717, 1.165) is 24.2 Å². The quantitative estimate of drug-likeness (QED) is 0.617. The molecule has 1 heterocycles. The van der Waals surface area contributed by atoms with Crippen molar-refractivity contribution in [1.82, 2.24) is 5.43 Å². The number of nitrogens with one attached hydrogen (secondary N) is 1. The minimum Gasteiger partial charge on any atom is -0.469 e. The van der Waals surface area contributed by atoms with Gasteiger partial charge in [-0.25, -0.2) is 4.39 Å². The van der Waals surface area contributed by atoms with Crippen molar-refractivity contribution in [2.75, 3.05) is 0 Å². The standard InChI is InChI=1S/C13H15FN2O/c14-11-5-3-10(4-6-11)13(16-15)8-7-12-2-1-9-17-12/h1-6,9,13,16H,7-8,15H2. The molecule has 1 aromatic carbocycles. The van der Waals surface area contributed by atoms with Crippen LogP contribution in [-0.2, 0) is 6.42 Å². The summed E-state index contributed by atoms with van der Waals surface area (Å²) in [7, 11) is 0. The van der Waals surface area contributed by atoms with E-state index in [2.05, 4.69) is 5.43 Å². The largest absolute Gasteiger partial charge is 0.469 e. The third-order valence-corrected chi connectivity index (χ3v) is 2.73. The Balaban J connectivity index is 1.99. The molecule has 0 fully saturated rings. The van der Waals surface area contributed by atoms with Crippen LogP contribution in [0.1, 0.15) is 23.8 Å². The average molecular weight is 234 g/mol. The fourth-order valence-electron chi connectivity index (χ4n) is 1.78. The second-order valence-corrected chi connectivity index (χ2v) is 3.89. The molecule has 17 heavy (non-hydrogen) atoms. The zero-order chi connectivity index (χ0) is 12.1. The van der Waals surface area contributed by atoms with Gasteiger partial charge in [-0.2, -0.15) is 0 Å². The maximum absolute atomic E-state index is 12.8. The number of halogens is 1. The molecule has 0 aliphatic heterocycles. The van der Waals surface area contributed by atoms with Gasteiger partial charge in [0.2, 0.25) is 0 Å². The lowest BCUT2D eigenvalue weighted by atomic mass is 10.0. The van der Waals surface area contributed by atoms with Crippen LogP contribution in [0.4, 0.5) is 4.39 Å². The highest BCUT2D eigenvalue weighted by molar-refractivity contribution is 5.20. The topological polar surface area (TPSA) is 51.2 Å². The lowest BCUT2D eigenvalue weighted by molar-refractivity contribution is 0.458. The van der Waals surface area contributed by atoms with Crippen LogP contribution in [0, 0.1) is 5.82 Å². The van der Waals surface area contributed by atoms with Crippen molar-refractivity contribution < 1.29 is 8.81 Å². The van der Waals surface area contributed by atoms with E-state index in [4.69, 9.17) is 10.3 Å². The Morgan fingerprint density at radius 2 is 2.00 bits per heavy atom. The molecule has 0 bridgehead atoms. The Morgan fingerprint density at radius 3 is 2.59 bits per heavy atom. The number of aryl methyl sites for hydroxylation is 1. The highest BCUT2D eigenvalue weighted by Crippen LogP contribution is 2.19. The maximum Gasteiger partial charge on any atom is 0.123 e. The van der Waals surface area contributed by atoms with E-state index in [9.17, 15) is 4.39 Å². The van der Waals surface area contributed by atoms with Crippen LogP contribution in [0.15, 0.2) is 47.1 Å². The SMILES string of the molecule is NNC(CCc1ccco1)c1ccc(F)cc1. The monoisotopic (exact) mass is 234 g/mol. The van der Waals surface area contributed by atoms with E-state index >= 15 is 0 Å². The van der Waals surface area contributed by atoms with Crippen LogP contribution in [0.5, 0.6) is 0 Å². The fourth-order valence-corrected chi connectivity index (χ4v) is 1.78. The molecule has 2 rings (SSSR count). The molecule has 0 saturated carbocycles. The van der Waals surface area contributed by atoms with Crippen molar-refractivity contribution in [2.24, 2.45) is 5.84 Å². The summed E-state index contributed by atoms with van der Waals surface area (Å²) < 4.78 is 18.1. The third kappa shape index (κ3) is 3.15. The van der Waals surface area contributed by atoms with Crippen LogP contribution in [0.25, 0.3) is 0 Å². The van der Waals surface area contributed by atoms with Gasteiger partial charge in [-0.3, -0.25) is 11.3 Å². The molecule has 0 aliphatic rings. The number of rotatable bonds is 5. The molecule has 0 aliphatic carbocycles. The van der Waals surface area contributed by atoms with E-state index < -0.39 is 0 Å². The highest BCUT2D eigenvalue weighted by atomic mass is 19.1. The summed E-state index contributed by atoms with van der Waals surface area (Å²) in [5.74, 6) is 6.19.